The number of aromatic nitrogens is 2. The molecule has 6 nitrogen and oxygen atoms in total. The van der Waals surface area contributed by atoms with Gasteiger partial charge in [0.1, 0.15) is 0 Å². The van der Waals surface area contributed by atoms with Crippen molar-refractivity contribution in [2.24, 2.45) is 5.41 Å². The summed E-state index contributed by atoms with van der Waals surface area (Å²) < 4.78 is 6.50. The smallest absolute Gasteiger partial charge is 0.222 e. The van der Waals surface area contributed by atoms with Crippen molar-refractivity contribution in [3.63, 3.8) is 0 Å². The molecule has 2 aliphatic rings. The molecular formula is C20H33N3O3. The molecule has 0 aliphatic carbocycles. The van der Waals surface area contributed by atoms with Crippen molar-refractivity contribution in [2.45, 2.75) is 83.5 Å². The number of aryl methyl sites for hydroxylation is 1. The molecule has 1 spiro atoms. The average molecular weight is 364 g/mol. The Hall–Kier alpha value is -1.40. The van der Waals surface area contributed by atoms with E-state index in [0.717, 1.165) is 44.3 Å². The zero-order valence-corrected chi connectivity index (χ0v) is 16.3. The Morgan fingerprint density at radius 3 is 2.77 bits per heavy atom. The molecule has 3 heterocycles. The molecule has 0 radical (unpaired) electrons. The number of nitrogens with one attached hydrogen (secondary N) is 1. The van der Waals surface area contributed by atoms with Gasteiger partial charge in [-0.1, -0.05) is 20.8 Å². The van der Waals surface area contributed by atoms with Crippen molar-refractivity contribution in [1.82, 2.24) is 15.1 Å². The molecule has 146 valence electrons. The Morgan fingerprint density at radius 2 is 2.15 bits per heavy atom. The monoisotopic (exact) mass is 363 g/mol. The van der Waals surface area contributed by atoms with Gasteiger partial charge in [0.15, 0.2) is 0 Å². The van der Waals surface area contributed by atoms with Crippen molar-refractivity contribution in [3.05, 3.63) is 18.0 Å². The maximum Gasteiger partial charge on any atom is 0.222 e. The molecule has 0 unspecified atom stereocenters. The van der Waals surface area contributed by atoms with Crippen molar-refractivity contribution in [3.8, 4) is 0 Å². The standard InChI is InChI=1S/C20H33N3O3/c1-19(2,3)17-11-16(24)12-20(26-17)7-9-23(10-8-20)18(25)6-4-5-15-13-21-22-14-15/h13-14,16-17,24H,4-12H2,1-3H3,(H,21,22)/t16-,17-/m1/s1. The second kappa shape index (κ2) is 7.69. The van der Waals surface area contributed by atoms with Gasteiger partial charge in [-0.25, -0.2) is 0 Å². The van der Waals surface area contributed by atoms with Gasteiger partial charge < -0.3 is 14.7 Å². The van der Waals surface area contributed by atoms with Crippen LogP contribution in [0.4, 0.5) is 0 Å². The normalized spacial score (nSPS) is 26.2. The first-order valence-electron chi connectivity index (χ1n) is 9.89. The third-order valence-electron chi connectivity index (χ3n) is 5.89. The first-order valence-corrected chi connectivity index (χ1v) is 9.89. The van der Waals surface area contributed by atoms with Crippen LogP contribution in [0.2, 0.25) is 0 Å². The molecule has 0 bridgehead atoms. The number of H-pyrrole nitrogens is 1. The summed E-state index contributed by atoms with van der Waals surface area (Å²) in [6.07, 6.45) is 8.82. The third kappa shape index (κ3) is 4.65. The SMILES string of the molecule is CC(C)(C)[C@H]1C[C@@H](O)CC2(CCN(C(=O)CCCc3cn[nH]c3)CC2)O1. The fraction of sp³-hybridized carbons (Fsp3) is 0.800. The number of rotatable bonds is 4. The van der Waals surface area contributed by atoms with E-state index in [1.54, 1.807) is 0 Å². The number of likely N-dealkylation sites (tertiary alicyclic amines) is 1. The molecule has 1 amide bonds. The maximum atomic E-state index is 12.5. The number of nitrogens with zero attached hydrogens (tertiary/aromatic N) is 2. The van der Waals surface area contributed by atoms with Gasteiger partial charge in [0.05, 0.1) is 24.0 Å². The van der Waals surface area contributed by atoms with Crippen molar-refractivity contribution in [2.75, 3.05) is 13.1 Å². The topological polar surface area (TPSA) is 78.5 Å². The summed E-state index contributed by atoms with van der Waals surface area (Å²) in [7, 11) is 0. The van der Waals surface area contributed by atoms with Crippen LogP contribution in [0.5, 0.6) is 0 Å². The van der Waals surface area contributed by atoms with Gasteiger partial charge in [0.25, 0.3) is 0 Å². The summed E-state index contributed by atoms with van der Waals surface area (Å²) in [6, 6.07) is 0. The van der Waals surface area contributed by atoms with E-state index < -0.39 is 0 Å². The van der Waals surface area contributed by atoms with E-state index in [4.69, 9.17) is 4.74 Å². The fourth-order valence-electron chi connectivity index (χ4n) is 4.19. The number of ether oxygens (including phenoxy) is 1. The lowest BCUT2D eigenvalue weighted by Crippen LogP contribution is -2.55. The third-order valence-corrected chi connectivity index (χ3v) is 5.89. The van der Waals surface area contributed by atoms with Gasteiger partial charge in [0.2, 0.25) is 5.91 Å². The van der Waals surface area contributed by atoms with Crippen molar-refractivity contribution in [1.29, 1.82) is 0 Å². The summed E-state index contributed by atoms with van der Waals surface area (Å²) in [6.45, 7) is 7.97. The first-order chi connectivity index (χ1) is 12.3. The Balaban J connectivity index is 1.49. The van der Waals surface area contributed by atoms with Crippen molar-refractivity contribution < 1.29 is 14.6 Å². The second-order valence-corrected chi connectivity index (χ2v) is 9.09. The molecule has 2 aliphatic heterocycles. The van der Waals surface area contributed by atoms with Crippen LogP contribution < -0.4 is 0 Å². The number of hydrogen-bond donors (Lipinski definition) is 2. The number of hydrogen-bond acceptors (Lipinski definition) is 4. The Kier molecular flexibility index (Phi) is 5.72. The van der Waals surface area contributed by atoms with Gasteiger partial charge in [-0.3, -0.25) is 9.89 Å². The van der Waals surface area contributed by atoms with E-state index in [-0.39, 0.29) is 29.1 Å². The van der Waals surface area contributed by atoms with Gasteiger partial charge in [-0.15, -0.1) is 0 Å². The Labute approximate surface area is 156 Å². The predicted molar refractivity (Wildman–Crippen MR) is 99.6 cm³/mol. The Bertz CT molecular complexity index is 586. The molecular weight excluding hydrogens is 330 g/mol. The summed E-state index contributed by atoms with van der Waals surface area (Å²) >= 11 is 0. The zero-order chi connectivity index (χ0) is 18.8. The van der Waals surface area contributed by atoms with Crippen LogP contribution in [0.25, 0.3) is 0 Å². The molecule has 2 fully saturated rings. The van der Waals surface area contributed by atoms with Gasteiger partial charge in [-0.05, 0) is 36.7 Å². The molecule has 2 N–H and O–H groups in total. The van der Waals surface area contributed by atoms with Crippen molar-refractivity contribution >= 4 is 5.91 Å². The summed E-state index contributed by atoms with van der Waals surface area (Å²) in [5.74, 6) is 0.229. The molecule has 1 aromatic heterocycles. The molecule has 3 rings (SSSR count). The minimum absolute atomic E-state index is 0.0223. The maximum absolute atomic E-state index is 12.5. The summed E-state index contributed by atoms with van der Waals surface area (Å²) in [5, 5.41) is 17.1. The number of amides is 1. The molecule has 0 saturated carbocycles. The summed E-state index contributed by atoms with van der Waals surface area (Å²) in [4.78, 5) is 14.5. The lowest BCUT2D eigenvalue weighted by atomic mass is 9.76. The van der Waals surface area contributed by atoms with Crippen LogP contribution in [-0.4, -0.2) is 57.0 Å². The van der Waals surface area contributed by atoms with E-state index in [0.29, 0.717) is 19.3 Å². The fourth-order valence-corrected chi connectivity index (χ4v) is 4.19. The van der Waals surface area contributed by atoms with Gasteiger partial charge in [0, 0.05) is 38.5 Å². The lowest BCUT2D eigenvalue weighted by molar-refractivity contribution is -0.207. The highest BCUT2D eigenvalue weighted by Gasteiger charge is 2.46. The molecule has 26 heavy (non-hydrogen) atoms. The lowest BCUT2D eigenvalue weighted by Gasteiger charge is -2.50. The molecule has 0 aromatic carbocycles. The highest BCUT2D eigenvalue weighted by molar-refractivity contribution is 5.76. The van der Waals surface area contributed by atoms with Crippen LogP contribution in [0.3, 0.4) is 0 Å². The Morgan fingerprint density at radius 1 is 1.42 bits per heavy atom. The average Bonchev–Trinajstić information content (AvgIpc) is 3.07. The second-order valence-electron chi connectivity index (χ2n) is 9.09. The predicted octanol–water partition coefficient (Wildman–Crippen LogP) is 2.68. The van der Waals surface area contributed by atoms with Gasteiger partial charge >= 0.3 is 0 Å². The van der Waals surface area contributed by atoms with Crippen LogP contribution in [0.15, 0.2) is 12.4 Å². The van der Waals surface area contributed by atoms with Crippen LogP contribution in [-0.2, 0) is 16.0 Å². The molecule has 2 atom stereocenters. The van der Waals surface area contributed by atoms with E-state index in [9.17, 15) is 9.90 Å². The van der Waals surface area contributed by atoms with E-state index in [2.05, 4.69) is 31.0 Å². The number of aliphatic hydroxyl groups is 1. The number of piperidine rings is 1. The largest absolute Gasteiger partial charge is 0.393 e. The summed E-state index contributed by atoms with van der Waals surface area (Å²) in [5.41, 5.74) is 0.908. The molecule has 1 aromatic rings. The number of carbonyl (C=O) groups is 1. The zero-order valence-electron chi connectivity index (χ0n) is 16.3. The van der Waals surface area contributed by atoms with Crippen LogP contribution >= 0.6 is 0 Å². The number of aromatic amines is 1. The molecule has 2 saturated heterocycles. The minimum atomic E-state index is -0.301. The van der Waals surface area contributed by atoms with E-state index in [1.807, 2.05) is 17.3 Å². The quantitative estimate of drug-likeness (QED) is 0.862. The van der Waals surface area contributed by atoms with E-state index in [1.165, 1.54) is 0 Å². The van der Waals surface area contributed by atoms with Crippen LogP contribution in [0, 0.1) is 5.41 Å². The highest BCUT2D eigenvalue weighted by atomic mass is 16.5. The molecule has 6 heteroatoms. The number of carbonyl (C=O) groups excluding carboxylic acids is 1. The van der Waals surface area contributed by atoms with Crippen LogP contribution in [0.1, 0.15) is 64.9 Å². The minimum Gasteiger partial charge on any atom is -0.393 e. The highest BCUT2D eigenvalue weighted by Crippen LogP contribution is 2.42. The number of aliphatic hydroxyl groups excluding tert-OH is 1. The van der Waals surface area contributed by atoms with E-state index >= 15 is 0 Å². The van der Waals surface area contributed by atoms with Gasteiger partial charge in [-0.2, -0.15) is 5.10 Å². The first kappa shape index (κ1) is 19.4.